The summed E-state index contributed by atoms with van der Waals surface area (Å²) in [6.45, 7) is 9.46. The Kier molecular flexibility index (Phi) is 3.04. The van der Waals surface area contributed by atoms with Gasteiger partial charge >= 0.3 is 0 Å². The smallest absolute Gasteiger partial charge is 0.00129 e. The SMILES string of the molecule is CC1=C[C@H]2C(=CC1)C(C)CC[C@@H]2C(C)C. The van der Waals surface area contributed by atoms with Gasteiger partial charge in [-0.05, 0) is 43.9 Å². The maximum Gasteiger partial charge on any atom is 0.00129 e. The largest absolute Gasteiger partial charge is 0.0804 e. The molecule has 84 valence electrons. The van der Waals surface area contributed by atoms with Gasteiger partial charge in [0.15, 0.2) is 0 Å². The second-order valence-corrected chi connectivity index (χ2v) is 5.83. The van der Waals surface area contributed by atoms with Gasteiger partial charge in [-0.1, -0.05) is 44.1 Å². The molecule has 2 rings (SSSR count). The molecule has 1 fully saturated rings. The van der Waals surface area contributed by atoms with E-state index in [4.69, 9.17) is 0 Å². The van der Waals surface area contributed by atoms with E-state index in [1.807, 2.05) is 0 Å². The maximum atomic E-state index is 2.55. The van der Waals surface area contributed by atoms with Gasteiger partial charge in [-0.15, -0.1) is 0 Å². The zero-order valence-corrected chi connectivity index (χ0v) is 10.6. The minimum absolute atomic E-state index is 0.766. The van der Waals surface area contributed by atoms with Crippen LogP contribution in [0.3, 0.4) is 0 Å². The normalized spacial score (nSPS) is 35.9. The first-order valence-corrected chi connectivity index (χ1v) is 6.47. The summed E-state index contributed by atoms with van der Waals surface area (Å²) < 4.78 is 0. The van der Waals surface area contributed by atoms with Crippen LogP contribution in [0.5, 0.6) is 0 Å². The van der Waals surface area contributed by atoms with Crippen LogP contribution >= 0.6 is 0 Å². The van der Waals surface area contributed by atoms with E-state index < -0.39 is 0 Å². The van der Waals surface area contributed by atoms with Gasteiger partial charge in [-0.2, -0.15) is 0 Å². The Balaban J connectivity index is 2.26. The average Bonchev–Trinajstić information content (AvgIpc) is 2.17. The number of fused-ring (bicyclic) bond motifs is 1. The molecule has 0 amide bonds. The number of allylic oxidation sites excluding steroid dienone is 4. The van der Waals surface area contributed by atoms with Crippen molar-refractivity contribution in [3.8, 4) is 0 Å². The Hall–Kier alpha value is -0.520. The molecule has 1 unspecified atom stereocenters. The maximum absolute atomic E-state index is 2.55. The van der Waals surface area contributed by atoms with Crippen molar-refractivity contribution >= 4 is 0 Å². The molecule has 0 spiro atoms. The summed E-state index contributed by atoms with van der Waals surface area (Å²) >= 11 is 0. The molecule has 0 aromatic carbocycles. The second kappa shape index (κ2) is 4.15. The van der Waals surface area contributed by atoms with Crippen LogP contribution in [-0.2, 0) is 0 Å². The van der Waals surface area contributed by atoms with Crippen molar-refractivity contribution in [2.24, 2.45) is 23.7 Å². The van der Waals surface area contributed by atoms with Gasteiger partial charge in [0, 0.05) is 5.92 Å². The molecule has 0 aliphatic heterocycles. The van der Waals surface area contributed by atoms with Crippen LogP contribution in [0.15, 0.2) is 23.3 Å². The highest BCUT2D eigenvalue weighted by Crippen LogP contribution is 2.45. The van der Waals surface area contributed by atoms with Crippen LogP contribution in [0, 0.1) is 23.7 Å². The molecule has 0 heteroatoms. The molecular weight excluding hydrogens is 180 g/mol. The molecule has 0 heterocycles. The van der Waals surface area contributed by atoms with E-state index in [0.29, 0.717) is 0 Å². The predicted octanol–water partition coefficient (Wildman–Crippen LogP) is 4.58. The first kappa shape index (κ1) is 11.0. The highest BCUT2D eigenvalue weighted by atomic mass is 14.4. The summed E-state index contributed by atoms with van der Waals surface area (Å²) in [7, 11) is 0. The number of rotatable bonds is 1. The van der Waals surface area contributed by atoms with Crippen LogP contribution < -0.4 is 0 Å². The summed E-state index contributed by atoms with van der Waals surface area (Å²) in [5.74, 6) is 3.31. The van der Waals surface area contributed by atoms with Gasteiger partial charge in [0.25, 0.3) is 0 Å². The van der Waals surface area contributed by atoms with Gasteiger partial charge in [-0.25, -0.2) is 0 Å². The fraction of sp³-hybridized carbons (Fsp3) is 0.733. The van der Waals surface area contributed by atoms with Crippen molar-refractivity contribution in [1.82, 2.24) is 0 Å². The lowest BCUT2D eigenvalue weighted by atomic mass is 9.65. The van der Waals surface area contributed by atoms with Crippen molar-refractivity contribution in [3.05, 3.63) is 23.3 Å². The summed E-state index contributed by atoms with van der Waals surface area (Å²) in [6.07, 6.45) is 9.08. The van der Waals surface area contributed by atoms with Gasteiger partial charge in [0.05, 0.1) is 0 Å². The second-order valence-electron chi connectivity index (χ2n) is 5.83. The van der Waals surface area contributed by atoms with E-state index in [2.05, 4.69) is 39.8 Å². The molecule has 0 bridgehead atoms. The van der Waals surface area contributed by atoms with Gasteiger partial charge in [0.1, 0.15) is 0 Å². The van der Waals surface area contributed by atoms with Crippen molar-refractivity contribution in [2.75, 3.05) is 0 Å². The van der Waals surface area contributed by atoms with E-state index in [9.17, 15) is 0 Å². The Bertz CT molecular complexity index is 293. The molecule has 1 saturated carbocycles. The molecule has 0 saturated heterocycles. The summed E-state index contributed by atoms with van der Waals surface area (Å²) in [5.41, 5.74) is 3.31. The van der Waals surface area contributed by atoms with Crippen molar-refractivity contribution in [1.29, 1.82) is 0 Å². The lowest BCUT2D eigenvalue weighted by Gasteiger charge is -2.40. The summed E-state index contributed by atoms with van der Waals surface area (Å²) in [6, 6.07) is 0. The van der Waals surface area contributed by atoms with Crippen molar-refractivity contribution < 1.29 is 0 Å². The van der Waals surface area contributed by atoms with Crippen molar-refractivity contribution in [3.63, 3.8) is 0 Å². The molecular formula is C15H24. The average molecular weight is 204 g/mol. The minimum atomic E-state index is 0.766. The third-order valence-electron chi connectivity index (χ3n) is 4.33. The van der Waals surface area contributed by atoms with Gasteiger partial charge in [0.2, 0.25) is 0 Å². The standard InChI is InChI=1S/C15H24/c1-10(2)13-8-6-12(4)14-7-5-11(3)9-15(13)14/h7,9-10,12-13,15H,5-6,8H2,1-4H3/t12?,13-,15-/m1/s1. The third kappa shape index (κ3) is 2.04. The lowest BCUT2D eigenvalue weighted by Crippen LogP contribution is -2.30. The van der Waals surface area contributed by atoms with Crippen LogP contribution in [0.1, 0.15) is 47.0 Å². The first-order chi connectivity index (χ1) is 7.09. The van der Waals surface area contributed by atoms with Gasteiger partial charge < -0.3 is 0 Å². The van der Waals surface area contributed by atoms with Crippen LogP contribution in [0.2, 0.25) is 0 Å². The topological polar surface area (TPSA) is 0 Å². The molecule has 0 aromatic heterocycles. The molecule has 2 aliphatic rings. The predicted molar refractivity (Wildman–Crippen MR) is 66.7 cm³/mol. The zero-order chi connectivity index (χ0) is 11.0. The zero-order valence-electron chi connectivity index (χ0n) is 10.6. The minimum Gasteiger partial charge on any atom is -0.0804 e. The highest BCUT2D eigenvalue weighted by molar-refractivity contribution is 5.28. The van der Waals surface area contributed by atoms with Crippen LogP contribution in [0.4, 0.5) is 0 Å². The first-order valence-electron chi connectivity index (χ1n) is 6.47. The van der Waals surface area contributed by atoms with E-state index in [1.165, 1.54) is 19.3 Å². The van der Waals surface area contributed by atoms with Crippen molar-refractivity contribution in [2.45, 2.75) is 47.0 Å². The van der Waals surface area contributed by atoms with Crippen LogP contribution in [-0.4, -0.2) is 0 Å². The van der Waals surface area contributed by atoms with E-state index >= 15 is 0 Å². The molecule has 15 heavy (non-hydrogen) atoms. The highest BCUT2D eigenvalue weighted by Gasteiger charge is 2.34. The van der Waals surface area contributed by atoms with Gasteiger partial charge in [-0.3, -0.25) is 0 Å². The monoisotopic (exact) mass is 204 g/mol. The Morgan fingerprint density at radius 3 is 2.67 bits per heavy atom. The van der Waals surface area contributed by atoms with E-state index in [-0.39, 0.29) is 0 Å². The van der Waals surface area contributed by atoms with E-state index in [0.717, 1.165) is 23.7 Å². The molecule has 3 atom stereocenters. The molecule has 2 aliphatic carbocycles. The Labute approximate surface area is 94.5 Å². The molecule has 0 radical (unpaired) electrons. The van der Waals surface area contributed by atoms with E-state index in [1.54, 1.807) is 11.1 Å². The number of hydrogen-bond donors (Lipinski definition) is 0. The van der Waals surface area contributed by atoms with Crippen LogP contribution in [0.25, 0.3) is 0 Å². The fourth-order valence-corrected chi connectivity index (χ4v) is 3.32. The number of hydrogen-bond acceptors (Lipinski definition) is 0. The third-order valence-corrected chi connectivity index (χ3v) is 4.33. The molecule has 0 nitrogen and oxygen atoms in total. The quantitative estimate of drug-likeness (QED) is 0.548. The Morgan fingerprint density at radius 2 is 2.00 bits per heavy atom. The molecule has 0 N–H and O–H groups in total. The lowest BCUT2D eigenvalue weighted by molar-refractivity contribution is 0.234. The summed E-state index contributed by atoms with van der Waals surface area (Å²) in [4.78, 5) is 0. The fourth-order valence-electron chi connectivity index (χ4n) is 3.32. The Morgan fingerprint density at radius 1 is 1.27 bits per heavy atom. The summed E-state index contributed by atoms with van der Waals surface area (Å²) in [5, 5.41) is 0. The molecule has 0 aromatic rings.